The molecule has 0 saturated carbocycles. The number of carbonyl (C=O) groups excluding carboxylic acids is 2. The summed E-state index contributed by atoms with van der Waals surface area (Å²) in [7, 11) is 2.88. The summed E-state index contributed by atoms with van der Waals surface area (Å²) in [5.74, 6) is -1.04. The van der Waals surface area contributed by atoms with Crippen LogP contribution in [0.5, 0.6) is 11.5 Å². The number of hydrogen-bond acceptors (Lipinski definition) is 5. The number of rotatable bonds is 4. The number of carbonyl (C=O) groups is 2. The van der Waals surface area contributed by atoms with Gasteiger partial charge in [-0.25, -0.2) is 4.39 Å². The van der Waals surface area contributed by atoms with E-state index in [1.165, 1.54) is 43.4 Å². The largest absolute Gasteiger partial charge is 0.495 e. The summed E-state index contributed by atoms with van der Waals surface area (Å²) in [6.07, 6.45) is 0. The number of anilines is 2. The average Bonchev–Trinajstić information content (AvgIpc) is 2.74. The van der Waals surface area contributed by atoms with E-state index in [1.807, 2.05) is 4.90 Å². The molecule has 2 aromatic carbocycles. The van der Waals surface area contributed by atoms with Crippen LogP contribution in [0.1, 0.15) is 0 Å². The second-order valence-corrected chi connectivity index (χ2v) is 6.80. The summed E-state index contributed by atoms with van der Waals surface area (Å²) in [4.78, 5) is 28.5. The van der Waals surface area contributed by atoms with Crippen molar-refractivity contribution in [2.75, 3.05) is 50.6 Å². The Hall–Kier alpha value is -3.00. The standard InChI is InChI=1S/C20H21ClFN3O4/c1-28-17-12-16(18(29-2)11-15(17)21)23-19(26)20(27)25-9-7-24(8-10-25)14-5-3-13(22)4-6-14/h3-6,11-12H,7-10H2,1-2H3,(H,23,26). The molecule has 9 heteroatoms. The molecule has 154 valence electrons. The summed E-state index contributed by atoms with van der Waals surface area (Å²) >= 11 is 6.06. The number of ether oxygens (including phenoxy) is 2. The molecule has 3 rings (SSSR count). The van der Waals surface area contributed by atoms with Gasteiger partial charge in [0.15, 0.2) is 0 Å². The van der Waals surface area contributed by atoms with E-state index >= 15 is 0 Å². The van der Waals surface area contributed by atoms with Crippen LogP contribution in [-0.2, 0) is 9.59 Å². The highest BCUT2D eigenvalue weighted by molar-refractivity contribution is 6.40. The van der Waals surface area contributed by atoms with Gasteiger partial charge in [0.1, 0.15) is 17.3 Å². The van der Waals surface area contributed by atoms with Crippen LogP contribution in [0.4, 0.5) is 15.8 Å². The summed E-state index contributed by atoms with van der Waals surface area (Å²) in [5.41, 5.74) is 1.16. The van der Waals surface area contributed by atoms with Crippen LogP contribution in [-0.4, -0.2) is 57.1 Å². The Kier molecular flexibility index (Phi) is 6.43. The Bertz CT molecular complexity index is 899. The molecular weight excluding hydrogens is 401 g/mol. The summed E-state index contributed by atoms with van der Waals surface area (Å²) in [6.45, 7) is 1.85. The van der Waals surface area contributed by atoms with Crippen LogP contribution in [0.15, 0.2) is 36.4 Å². The molecule has 2 amide bonds. The minimum atomic E-state index is -0.775. The zero-order chi connectivity index (χ0) is 21.0. The molecule has 0 spiro atoms. The number of nitrogens with zero attached hydrogens (tertiary/aromatic N) is 2. The summed E-state index contributed by atoms with van der Waals surface area (Å²) in [6, 6.07) is 9.18. The van der Waals surface area contributed by atoms with Crippen LogP contribution in [0.2, 0.25) is 5.02 Å². The van der Waals surface area contributed by atoms with E-state index in [0.717, 1.165) is 5.69 Å². The third-order valence-corrected chi connectivity index (χ3v) is 4.97. The third-order valence-electron chi connectivity index (χ3n) is 4.68. The quantitative estimate of drug-likeness (QED) is 0.769. The zero-order valence-electron chi connectivity index (χ0n) is 16.1. The minimum Gasteiger partial charge on any atom is -0.495 e. The molecule has 1 aliphatic heterocycles. The highest BCUT2D eigenvalue weighted by Crippen LogP contribution is 2.35. The molecule has 1 fully saturated rings. The fourth-order valence-electron chi connectivity index (χ4n) is 3.10. The lowest BCUT2D eigenvalue weighted by molar-refractivity contribution is -0.143. The van der Waals surface area contributed by atoms with Crippen molar-refractivity contribution in [2.45, 2.75) is 0 Å². The van der Waals surface area contributed by atoms with Crippen molar-refractivity contribution in [1.29, 1.82) is 0 Å². The van der Waals surface area contributed by atoms with Crippen LogP contribution in [0.25, 0.3) is 0 Å². The normalized spacial score (nSPS) is 13.8. The first kappa shape index (κ1) is 20.7. The maximum atomic E-state index is 13.1. The fraction of sp³-hybridized carbons (Fsp3) is 0.300. The third kappa shape index (κ3) is 4.71. The number of amides is 2. The molecule has 2 aromatic rings. The van der Waals surface area contributed by atoms with E-state index in [-0.39, 0.29) is 11.5 Å². The lowest BCUT2D eigenvalue weighted by Crippen LogP contribution is -2.51. The van der Waals surface area contributed by atoms with E-state index in [2.05, 4.69) is 5.32 Å². The van der Waals surface area contributed by atoms with Gasteiger partial charge in [0.2, 0.25) is 0 Å². The topological polar surface area (TPSA) is 71.1 Å². The van der Waals surface area contributed by atoms with Gasteiger partial charge in [-0.05, 0) is 24.3 Å². The first-order valence-electron chi connectivity index (χ1n) is 8.95. The maximum absolute atomic E-state index is 13.1. The van der Waals surface area contributed by atoms with Gasteiger partial charge in [0, 0.05) is 44.0 Å². The molecule has 0 unspecified atom stereocenters. The van der Waals surface area contributed by atoms with Crippen LogP contribution < -0.4 is 19.7 Å². The Labute approximate surface area is 172 Å². The molecule has 1 heterocycles. The van der Waals surface area contributed by atoms with Crippen molar-refractivity contribution in [2.24, 2.45) is 0 Å². The minimum absolute atomic E-state index is 0.289. The first-order chi connectivity index (χ1) is 13.9. The number of nitrogens with one attached hydrogen (secondary N) is 1. The predicted molar refractivity (Wildman–Crippen MR) is 108 cm³/mol. The van der Waals surface area contributed by atoms with E-state index in [1.54, 1.807) is 12.1 Å². The Morgan fingerprint density at radius 2 is 1.62 bits per heavy atom. The molecule has 1 N–H and O–H groups in total. The van der Waals surface area contributed by atoms with Crippen molar-refractivity contribution >= 4 is 34.8 Å². The number of halogens is 2. The summed E-state index contributed by atoms with van der Waals surface area (Å²) < 4.78 is 23.4. The van der Waals surface area contributed by atoms with Crippen molar-refractivity contribution in [1.82, 2.24) is 4.90 Å². The molecule has 0 bridgehead atoms. The smallest absolute Gasteiger partial charge is 0.314 e. The van der Waals surface area contributed by atoms with Gasteiger partial charge >= 0.3 is 11.8 Å². The number of benzene rings is 2. The second-order valence-electron chi connectivity index (χ2n) is 6.40. The van der Waals surface area contributed by atoms with Gasteiger partial charge in [-0.2, -0.15) is 0 Å². The molecule has 1 aliphatic rings. The van der Waals surface area contributed by atoms with E-state index in [4.69, 9.17) is 21.1 Å². The van der Waals surface area contributed by atoms with Gasteiger partial charge in [-0.3, -0.25) is 9.59 Å². The SMILES string of the molecule is COc1cc(NC(=O)C(=O)N2CCN(c3ccc(F)cc3)CC2)c(OC)cc1Cl. The highest BCUT2D eigenvalue weighted by atomic mass is 35.5. The summed E-state index contributed by atoms with van der Waals surface area (Å²) in [5, 5.41) is 2.89. The second kappa shape index (κ2) is 9.00. The van der Waals surface area contributed by atoms with Crippen LogP contribution in [0, 0.1) is 5.82 Å². The molecule has 0 aliphatic carbocycles. The number of piperazine rings is 1. The van der Waals surface area contributed by atoms with E-state index in [9.17, 15) is 14.0 Å². The predicted octanol–water partition coefficient (Wildman–Crippen LogP) is 2.78. The highest BCUT2D eigenvalue weighted by Gasteiger charge is 2.27. The van der Waals surface area contributed by atoms with Crippen LogP contribution in [0.3, 0.4) is 0 Å². The molecular formula is C20H21ClFN3O4. The number of hydrogen-bond donors (Lipinski definition) is 1. The fourth-order valence-corrected chi connectivity index (χ4v) is 3.33. The number of methoxy groups -OCH3 is 2. The lowest BCUT2D eigenvalue weighted by Gasteiger charge is -2.35. The van der Waals surface area contributed by atoms with Crippen molar-refractivity contribution in [3.8, 4) is 11.5 Å². The molecule has 0 aromatic heterocycles. The first-order valence-corrected chi connectivity index (χ1v) is 9.33. The van der Waals surface area contributed by atoms with Crippen LogP contribution >= 0.6 is 11.6 Å². The van der Waals surface area contributed by atoms with Crippen molar-refractivity contribution < 1.29 is 23.5 Å². The monoisotopic (exact) mass is 421 g/mol. The van der Waals surface area contributed by atoms with Gasteiger partial charge in [0.05, 0.1) is 24.9 Å². The van der Waals surface area contributed by atoms with Gasteiger partial charge < -0.3 is 24.6 Å². The molecule has 1 saturated heterocycles. The van der Waals surface area contributed by atoms with E-state index < -0.39 is 11.8 Å². The van der Waals surface area contributed by atoms with Gasteiger partial charge in [-0.15, -0.1) is 0 Å². The van der Waals surface area contributed by atoms with Crippen molar-refractivity contribution in [3.63, 3.8) is 0 Å². The Morgan fingerprint density at radius 3 is 2.21 bits per heavy atom. The Morgan fingerprint density at radius 1 is 1.00 bits per heavy atom. The molecule has 0 radical (unpaired) electrons. The maximum Gasteiger partial charge on any atom is 0.314 e. The van der Waals surface area contributed by atoms with E-state index in [0.29, 0.717) is 42.7 Å². The zero-order valence-corrected chi connectivity index (χ0v) is 16.8. The molecule has 29 heavy (non-hydrogen) atoms. The molecule has 0 atom stereocenters. The Balaban J connectivity index is 1.63. The average molecular weight is 422 g/mol. The van der Waals surface area contributed by atoms with Gasteiger partial charge in [-0.1, -0.05) is 11.6 Å². The molecule has 7 nitrogen and oxygen atoms in total. The van der Waals surface area contributed by atoms with Gasteiger partial charge in [0.25, 0.3) is 0 Å². The lowest BCUT2D eigenvalue weighted by atomic mass is 10.2. The van der Waals surface area contributed by atoms with Crippen molar-refractivity contribution in [3.05, 3.63) is 47.2 Å².